The summed E-state index contributed by atoms with van der Waals surface area (Å²) in [5.41, 5.74) is -0.218. The molecule has 0 atom stereocenters. The van der Waals surface area contributed by atoms with Crippen molar-refractivity contribution in [1.29, 1.82) is 0 Å². The molecular formula is C9H10F3LiN. The van der Waals surface area contributed by atoms with Crippen LogP contribution in [0.2, 0.25) is 0 Å². The molecule has 0 saturated heterocycles. The van der Waals surface area contributed by atoms with Gasteiger partial charge in [-0.25, -0.2) is 0 Å². The molecule has 0 aliphatic heterocycles. The summed E-state index contributed by atoms with van der Waals surface area (Å²) >= 11 is 0. The first-order valence-electron chi connectivity index (χ1n) is 3.67. The zero-order valence-corrected chi connectivity index (χ0v) is 7.31. The van der Waals surface area contributed by atoms with Gasteiger partial charge in [-0.15, -0.1) is 0 Å². The van der Waals surface area contributed by atoms with Gasteiger partial charge in [0.05, 0.1) is 5.56 Å². The quantitative estimate of drug-likeness (QED) is 0.620. The molecule has 0 amide bonds. The predicted molar refractivity (Wildman–Crippen MR) is 51.8 cm³/mol. The predicted octanol–water partition coefficient (Wildman–Crippen LogP) is 1.92. The molecule has 0 aromatic heterocycles. The van der Waals surface area contributed by atoms with Crippen molar-refractivity contribution in [2.45, 2.75) is 6.18 Å². The molecule has 1 aromatic carbocycles. The van der Waals surface area contributed by atoms with Crippen LogP contribution in [-0.2, 0) is 6.18 Å². The van der Waals surface area contributed by atoms with Crippen molar-refractivity contribution >= 4 is 24.5 Å². The number of hydrogen-bond donors (Lipinski definition) is 0. The number of anilines is 1. The second-order valence-corrected chi connectivity index (χ2v) is 2.85. The molecule has 0 aliphatic carbocycles. The van der Waals surface area contributed by atoms with Crippen molar-refractivity contribution in [2.24, 2.45) is 0 Å². The Balaban J connectivity index is 0.00000169. The molecule has 14 heavy (non-hydrogen) atoms. The zero-order valence-electron chi connectivity index (χ0n) is 7.31. The van der Waals surface area contributed by atoms with E-state index in [2.05, 4.69) is 6.07 Å². The summed E-state index contributed by atoms with van der Waals surface area (Å²) in [4.78, 5) is 1.58. The van der Waals surface area contributed by atoms with E-state index in [9.17, 15) is 13.2 Å². The van der Waals surface area contributed by atoms with Crippen LogP contribution in [0.4, 0.5) is 18.9 Å². The molecule has 5 heteroatoms. The summed E-state index contributed by atoms with van der Waals surface area (Å²) in [5.74, 6) is 0. The third kappa shape index (κ3) is 3.28. The number of benzene rings is 1. The van der Waals surface area contributed by atoms with Gasteiger partial charge in [-0.1, -0.05) is 6.07 Å². The Kier molecular flexibility index (Phi) is 4.56. The third-order valence-corrected chi connectivity index (χ3v) is 1.60. The van der Waals surface area contributed by atoms with E-state index in [-0.39, 0.29) is 18.9 Å². The van der Waals surface area contributed by atoms with Crippen LogP contribution in [-0.4, -0.2) is 33.0 Å². The first kappa shape index (κ1) is 13.4. The number of halogens is 3. The Labute approximate surface area is 93.1 Å². The van der Waals surface area contributed by atoms with E-state index in [0.29, 0.717) is 5.69 Å². The molecule has 0 aliphatic rings. The molecule has 0 unspecified atom stereocenters. The van der Waals surface area contributed by atoms with Crippen molar-refractivity contribution in [2.75, 3.05) is 19.0 Å². The first-order valence-corrected chi connectivity index (χ1v) is 3.67. The molecular weight excluding hydrogens is 186 g/mol. The molecule has 0 N–H and O–H groups in total. The fourth-order valence-corrected chi connectivity index (χ4v) is 0.888. The van der Waals surface area contributed by atoms with Crippen molar-refractivity contribution in [3.8, 4) is 0 Å². The maximum atomic E-state index is 12.2. The molecule has 73 valence electrons. The minimum absolute atomic E-state index is 0. The van der Waals surface area contributed by atoms with Gasteiger partial charge < -0.3 is 4.90 Å². The number of rotatable bonds is 1. The number of hydrogen-bond acceptors (Lipinski definition) is 1. The van der Waals surface area contributed by atoms with E-state index in [0.717, 1.165) is 12.1 Å². The first-order chi connectivity index (χ1) is 5.91. The van der Waals surface area contributed by atoms with Crippen LogP contribution < -0.4 is 4.90 Å². The van der Waals surface area contributed by atoms with E-state index in [1.807, 2.05) is 0 Å². The van der Waals surface area contributed by atoms with Gasteiger partial charge in [0.2, 0.25) is 0 Å². The molecule has 0 saturated carbocycles. The van der Waals surface area contributed by atoms with Crippen LogP contribution in [0.15, 0.2) is 18.2 Å². The summed E-state index contributed by atoms with van der Waals surface area (Å²) in [6.07, 6.45) is -4.28. The molecule has 1 nitrogen and oxygen atoms in total. The Hall–Kier alpha value is -0.593. The van der Waals surface area contributed by atoms with Crippen molar-refractivity contribution in [3.63, 3.8) is 0 Å². The van der Waals surface area contributed by atoms with Gasteiger partial charge in [-0.3, -0.25) is 0 Å². The van der Waals surface area contributed by atoms with Gasteiger partial charge in [0.15, 0.2) is 0 Å². The van der Waals surface area contributed by atoms with Gasteiger partial charge in [0.25, 0.3) is 0 Å². The molecule has 0 bridgehead atoms. The standard InChI is InChI=1S/C9H9F3N.Li.H/c1-13(2)8-5-3-4-7(6-8)9(10,11)12;;/h3-4,6H,1-2H3;;. The third-order valence-electron chi connectivity index (χ3n) is 1.60. The summed E-state index contributed by atoms with van der Waals surface area (Å²) in [6, 6.07) is 6.06. The Bertz CT molecular complexity index is 296. The van der Waals surface area contributed by atoms with E-state index >= 15 is 0 Å². The summed E-state index contributed by atoms with van der Waals surface area (Å²) in [5, 5.41) is 0. The van der Waals surface area contributed by atoms with Crippen molar-refractivity contribution < 1.29 is 13.2 Å². The topological polar surface area (TPSA) is 3.24 Å². The van der Waals surface area contributed by atoms with Gasteiger partial charge in [-0.05, 0) is 12.1 Å². The monoisotopic (exact) mass is 196 g/mol. The second-order valence-electron chi connectivity index (χ2n) is 2.85. The summed E-state index contributed by atoms with van der Waals surface area (Å²) in [6.45, 7) is 0. The van der Waals surface area contributed by atoms with Crippen molar-refractivity contribution in [1.82, 2.24) is 0 Å². The van der Waals surface area contributed by atoms with Crippen LogP contribution >= 0.6 is 0 Å². The molecule has 1 radical (unpaired) electrons. The maximum absolute atomic E-state index is 12.2. The van der Waals surface area contributed by atoms with Gasteiger partial charge in [-0.2, -0.15) is 13.2 Å². The Morgan fingerprint density at radius 3 is 2.29 bits per heavy atom. The molecule has 0 fully saturated rings. The number of alkyl halides is 3. The fourth-order valence-electron chi connectivity index (χ4n) is 0.888. The zero-order chi connectivity index (χ0) is 10.1. The Morgan fingerprint density at radius 1 is 1.29 bits per heavy atom. The van der Waals surface area contributed by atoms with E-state index in [1.54, 1.807) is 19.0 Å². The molecule has 0 heterocycles. The molecule has 1 aromatic rings. The molecule has 1 rings (SSSR count). The van der Waals surface area contributed by atoms with Crippen LogP contribution in [0.1, 0.15) is 5.56 Å². The van der Waals surface area contributed by atoms with Gasteiger partial charge in [0, 0.05) is 25.8 Å². The van der Waals surface area contributed by atoms with Gasteiger partial charge >= 0.3 is 25.0 Å². The Morgan fingerprint density at radius 2 is 1.86 bits per heavy atom. The van der Waals surface area contributed by atoms with Crippen LogP contribution in [0.5, 0.6) is 0 Å². The summed E-state index contributed by atoms with van der Waals surface area (Å²) in [7, 11) is 3.35. The average Bonchev–Trinajstić information content (AvgIpc) is 2.03. The van der Waals surface area contributed by atoms with Crippen LogP contribution in [0, 0.1) is 6.07 Å². The summed E-state index contributed by atoms with van der Waals surface area (Å²) < 4.78 is 36.6. The minimum atomic E-state index is -4.28. The SMILES string of the molecule is CN(C)c1[c]ccc(C(F)(F)F)c1.[LiH]. The van der Waals surface area contributed by atoms with Crippen LogP contribution in [0.3, 0.4) is 0 Å². The van der Waals surface area contributed by atoms with Gasteiger partial charge in [0.1, 0.15) is 0 Å². The normalized spacial score (nSPS) is 10.6. The van der Waals surface area contributed by atoms with Crippen LogP contribution in [0.25, 0.3) is 0 Å². The van der Waals surface area contributed by atoms with E-state index in [4.69, 9.17) is 0 Å². The average molecular weight is 196 g/mol. The fraction of sp³-hybridized carbons (Fsp3) is 0.333. The van der Waals surface area contributed by atoms with Crippen molar-refractivity contribution in [3.05, 3.63) is 29.8 Å². The number of nitrogens with zero attached hydrogens (tertiary/aromatic N) is 1. The molecule has 0 spiro atoms. The van der Waals surface area contributed by atoms with E-state index < -0.39 is 11.7 Å². The van der Waals surface area contributed by atoms with E-state index in [1.165, 1.54) is 6.07 Å². The second kappa shape index (κ2) is 4.77.